The summed E-state index contributed by atoms with van der Waals surface area (Å²) in [4.78, 5) is 0. The molecule has 0 fully saturated rings. The summed E-state index contributed by atoms with van der Waals surface area (Å²) in [5.74, 6) is 0.844. The Bertz CT molecular complexity index is 494. The maximum atomic E-state index is 6.18. The fraction of sp³-hybridized carbons (Fsp3) is 0.0769. The molecule has 0 bridgehead atoms. The molecule has 2 aromatic rings. The SMILES string of the molecule is COc1ccc(-c2ccc(Br)cc2Cl)cc1. The first-order valence-electron chi connectivity index (χ1n) is 4.80. The lowest BCUT2D eigenvalue weighted by molar-refractivity contribution is 0.415. The van der Waals surface area contributed by atoms with Crippen LogP contribution in [0.1, 0.15) is 0 Å². The van der Waals surface area contributed by atoms with E-state index >= 15 is 0 Å². The van der Waals surface area contributed by atoms with Gasteiger partial charge in [0.15, 0.2) is 0 Å². The van der Waals surface area contributed by atoms with E-state index < -0.39 is 0 Å². The van der Waals surface area contributed by atoms with E-state index in [-0.39, 0.29) is 0 Å². The van der Waals surface area contributed by atoms with E-state index in [0.717, 1.165) is 26.4 Å². The largest absolute Gasteiger partial charge is 0.497 e. The number of halogens is 2. The number of hydrogen-bond acceptors (Lipinski definition) is 1. The third kappa shape index (κ3) is 2.39. The Labute approximate surface area is 108 Å². The number of methoxy groups -OCH3 is 1. The van der Waals surface area contributed by atoms with Crippen LogP contribution in [-0.2, 0) is 0 Å². The Hall–Kier alpha value is -0.990. The summed E-state index contributed by atoms with van der Waals surface area (Å²) >= 11 is 9.56. The average molecular weight is 298 g/mol. The molecule has 0 radical (unpaired) electrons. The van der Waals surface area contributed by atoms with E-state index in [4.69, 9.17) is 16.3 Å². The minimum absolute atomic E-state index is 0.736. The van der Waals surface area contributed by atoms with Crippen molar-refractivity contribution >= 4 is 27.5 Å². The molecule has 2 aromatic carbocycles. The van der Waals surface area contributed by atoms with Crippen molar-refractivity contribution in [3.05, 3.63) is 52.0 Å². The molecule has 0 N–H and O–H groups in total. The molecule has 0 heterocycles. The van der Waals surface area contributed by atoms with Crippen molar-refractivity contribution in [2.24, 2.45) is 0 Å². The highest BCUT2D eigenvalue weighted by Gasteiger charge is 2.03. The Balaban J connectivity index is 2.42. The Morgan fingerprint density at radius 1 is 1.06 bits per heavy atom. The molecule has 3 heteroatoms. The quantitative estimate of drug-likeness (QED) is 0.775. The van der Waals surface area contributed by atoms with Gasteiger partial charge >= 0.3 is 0 Å². The van der Waals surface area contributed by atoms with Gasteiger partial charge in [-0.2, -0.15) is 0 Å². The van der Waals surface area contributed by atoms with Gasteiger partial charge in [-0.25, -0.2) is 0 Å². The van der Waals surface area contributed by atoms with Crippen LogP contribution in [0, 0.1) is 0 Å². The van der Waals surface area contributed by atoms with Crippen LogP contribution < -0.4 is 4.74 Å². The van der Waals surface area contributed by atoms with Gasteiger partial charge in [0.1, 0.15) is 5.75 Å². The number of hydrogen-bond donors (Lipinski definition) is 0. The third-order valence-electron chi connectivity index (χ3n) is 2.33. The van der Waals surface area contributed by atoms with Gasteiger partial charge in [0, 0.05) is 15.1 Å². The van der Waals surface area contributed by atoms with Crippen molar-refractivity contribution in [2.45, 2.75) is 0 Å². The maximum Gasteiger partial charge on any atom is 0.118 e. The van der Waals surface area contributed by atoms with E-state index in [2.05, 4.69) is 15.9 Å². The minimum Gasteiger partial charge on any atom is -0.497 e. The lowest BCUT2D eigenvalue weighted by atomic mass is 10.1. The number of benzene rings is 2. The molecule has 0 amide bonds. The predicted molar refractivity (Wildman–Crippen MR) is 71.1 cm³/mol. The van der Waals surface area contributed by atoms with Gasteiger partial charge in [0.2, 0.25) is 0 Å². The summed E-state index contributed by atoms with van der Waals surface area (Å²) in [5.41, 5.74) is 2.10. The second-order valence-electron chi connectivity index (χ2n) is 3.35. The Morgan fingerprint density at radius 3 is 2.31 bits per heavy atom. The topological polar surface area (TPSA) is 9.23 Å². The number of rotatable bonds is 2. The van der Waals surface area contributed by atoms with Gasteiger partial charge in [-0.3, -0.25) is 0 Å². The van der Waals surface area contributed by atoms with E-state index in [0.29, 0.717) is 0 Å². The summed E-state index contributed by atoms with van der Waals surface area (Å²) in [6, 6.07) is 13.7. The lowest BCUT2D eigenvalue weighted by Crippen LogP contribution is -1.83. The summed E-state index contributed by atoms with van der Waals surface area (Å²) < 4.78 is 6.10. The van der Waals surface area contributed by atoms with Crippen molar-refractivity contribution < 1.29 is 4.74 Å². The first-order chi connectivity index (χ1) is 7.70. The second kappa shape index (κ2) is 4.89. The molecule has 0 atom stereocenters. The molecule has 82 valence electrons. The monoisotopic (exact) mass is 296 g/mol. The molecule has 0 aliphatic carbocycles. The zero-order valence-electron chi connectivity index (χ0n) is 8.71. The van der Waals surface area contributed by atoms with E-state index in [9.17, 15) is 0 Å². The molecule has 0 saturated heterocycles. The van der Waals surface area contributed by atoms with Crippen LogP contribution in [0.15, 0.2) is 46.9 Å². The minimum atomic E-state index is 0.736. The van der Waals surface area contributed by atoms with Gasteiger partial charge in [0.25, 0.3) is 0 Å². The van der Waals surface area contributed by atoms with Crippen LogP contribution in [0.2, 0.25) is 5.02 Å². The molecule has 0 spiro atoms. The highest BCUT2D eigenvalue weighted by atomic mass is 79.9. The molecule has 0 saturated carbocycles. The Morgan fingerprint density at radius 2 is 1.75 bits per heavy atom. The summed E-state index contributed by atoms with van der Waals surface area (Å²) in [7, 11) is 1.65. The van der Waals surface area contributed by atoms with E-state index in [1.165, 1.54) is 0 Å². The van der Waals surface area contributed by atoms with Crippen molar-refractivity contribution in [3.63, 3.8) is 0 Å². The molecule has 16 heavy (non-hydrogen) atoms. The highest BCUT2D eigenvalue weighted by Crippen LogP contribution is 2.31. The van der Waals surface area contributed by atoms with Crippen LogP contribution in [0.25, 0.3) is 11.1 Å². The zero-order valence-corrected chi connectivity index (χ0v) is 11.0. The van der Waals surface area contributed by atoms with Gasteiger partial charge in [-0.15, -0.1) is 0 Å². The predicted octanol–water partition coefficient (Wildman–Crippen LogP) is 4.78. The van der Waals surface area contributed by atoms with Crippen LogP contribution in [0.4, 0.5) is 0 Å². The van der Waals surface area contributed by atoms with Crippen molar-refractivity contribution in [3.8, 4) is 16.9 Å². The fourth-order valence-electron chi connectivity index (χ4n) is 1.49. The van der Waals surface area contributed by atoms with Gasteiger partial charge < -0.3 is 4.74 Å². The third-order valence-corrected chi connectivity index (χ3v) is 3.14. The highest BCUT2D eigenvalue weighted by molar-refractivity contribution is 9.10. The number of ether oxygens (including phenoxy) is 1. The van der Waals surface area contributed by atoms with Crippen molar-refractivity contribution in [1.29, 1.82) is 0 Å². The van der Waals surface area contributed by atoms with Gasteiger partial charge in [0.05, 0.1) is 7.11 Å². The standard InChI is InChI=1S/C13H10BrClO/c1-16-11-5-2-9(3-6-11)12-7-4-10(14)8-13(12)15/h2-8H,1H3. The molecular formula is C13H10BrClO. The summed E-state index contributed by atoms with van der Waals surface area (Å²) in [6.45, 7) is 0. The zero-order chi connectivity index (χ0) is 11.5. The molecule has 1 nitrogen and oxygen atoms in total. The molecule has 2 rings (SSSR count). The van der Waals surface area contributed by atoms with Crippen LogP contribution in [-0.4, -0.2) is 7.11 Å². The van der Waals surface area contributed by atoms with Gasteiger partial charge in [-0.05, 0) is 29.8 Å². The normalized spacial score (nSPS) is 10.2. The van der Waals surface area contributed by atoms with Crippen molar-refractivity contribution in [2.75, 3.05) is 7.11 Å². The molecule has 0 aromatic heterocycles. The Kier molecular flexibility index (Phi) is 3.52. The molecular weight excluding hydrogens is 287 g/mol. The van der Waals surface area contributed by atoms with Crippen molar-refractivity contribution in [1.82, 2.24) is 0 Å². The van der Waals surface area contributed by atoms with Crippen LogP contribution in [0.3, 0.4) is 0 Å². The molecule has 0 aliphatic heterocycles. The first-order valence-corrected chi connectivity index (χ1v) is 5.97. The first kappa shape index (κ1) is 11.5. The molecule has 0 unspecified atom stereocenters. The van der Waals surface area contributed by atoms with Gasteiger partial charge in [-0.1, -0.05) is 45.7 Å². The second-order valence-corrected chi connectivity index (χ2v) is 4.68. The fourth-order valence-corrected chi connectivity index (χ4v) is 2.28. The van der Waals surface area contributed by atoms with E-state index in [1.807, 2.05) is 42.5 Å². The molecule has 0 aliphatic rings. The van der Waals surface area contributed by atoms with Crippen LogP contribution in [0.5, 0.6) is 5.75 Å². The summed E-state index contributed by atoms with van der Waals surface area (Å²) in [6.07, 6.45) is 0. The van der Waals surface area contributed by atoms with Crippen LogP contribution >= 0.6 is 27.5 Å². The van der Waals surface area contributed by atoms with E-state index in [1.54, 1.807) is 7.11 Å². The maximum absolute atomic E-state index is 6.18. The average Bonchev–Trinajstić information content (AvgIpc) is 2.29. The summed E-state index contributed by atoms with van der Waals surface area (Å²) in [5, 5.41) is 0.736. The lowest BCUT2D eigenvalue weighted by Gasteiger charge is -2.06. The smallest absolute Gasteiger partial charge is 0.118 e.